The Balaban J connectivity index is 2.34. The molecule has 5 heteroatoms. The van der Waals surface area contributed by atoms with Crippen LogP contribution in [-0.2, 0) is 4.79 Å². The molecule has 18 heavy (non-hydrogen) atoms. The Kier molecular flexibility index (Phi) is 3.43. The van der Waals surface area contributed by atoms with Gasteiger partial charge in [-0.1, -0.05) is 6.07 Å². The summed E-state index contributed by atoms with van der Waals surface area (Å²) in [6.45, 7) is 1.94. The van der Waals surface area contributed by atoms with E-state index in [-0.39, 0.29) is 11.1 Å². The van der Waals surface area contributed by atoms with E-state index in [1.54, 1.807) is 13.2 Å². The molecule has 2 rings (SSSR count). The van der Waals surface area contributed by atoms with Crippen LogP contribution in [0.3, 0.4) is 0 Å². The molecule has 0 N–H and O–H groups in total. The van der Waals surface area contributed by atoms with Gasteiger partial charge in [-0.3, -0.25) is 14.5 Å². The zero-order chi connectivity index (χ0) is 13.3. The summed E-state index contributed by atoms with van der Waals surface area (Å²) in [5.41, 5.74) is 1.91. The standard InChI is InChI=1S/C13H13NO3S/c1-8-6-10(17-3)5-4-9(8)7-11-12(15)14(2)13(16)18-11/h4-7H,1-3H3/b11-7-. The number of imide groups is 1. The molecule has 4 nitrogen and oxygen atoms in total. The number of carbonyl (C=O) groups excluding carboxylic acids is 2. The molecule has 1 saturated heterocycles. The molecule has 0 radical (unpaired) electrons. The van der Waals surface area contributed by atoms with E-state index in [0.717, 1.165) is 33.5 Å². The minimum Gasteiger partial charge on any atom is -0.497 e. The van der Waals surface area contributed by atoms with Crippen LogP contribution in [0.5, 0.6) is 5.75 Å². The van der Waals surface area contributed by atoms with E-state index in [1.807, 2.05) is 25.1 Å². The maximum Gasteiger partial charge on any atom is 0.293 e. The highest BCUT2D eigenvalue weighted by atomic mass is 32.2. The lowest BCUT2D eigenvalue weighted by Gasteiger charge is -2.05. The van der Waals surface area contributed by atoms with Crippen molar-refractivity contribution in [3.8, 4) is 5.75 Å². The van der Waals surface area contributed by atoms with E-state index in [4.69, 9.17) is 4.74 Å². The summed E-state index contributed by atoms with van der Waals surface area (Å²) in [6, 6.07) is 5.59. The number of amides is 2. The van der Waals surface area contributed by atoms with Gasteiger partial charge in [0.2, 0.25) is 0 Å². The molecule has 1 aromatic carbocycles. The van der Waals surface area contributed by atoms with Gasteiger partial charge in [0.15, 0.2) is 0 Å². The number of hydrogen-bond donors (Lipinski definition) is 0. The first kappa shape index (κ1) is 12.7. The summed E-state index contributed by atoms with van der Waals surface area (Å²) in [5.74, 6) is 0.522. The van der Waals surface area contributed by atoms with Crippen LogP contribution >= 0.6 is 11.8 Å². The van der Waals surface area contributed by atoms with Crippen LogP contribution in [0.15, 0.2) is 23.1 Å². The topological polar surface area (TPSA) is 46.6 Å². The zero-order valence-electron chi connectivity index (χ0n) is 10.4. The molecule has 1 fully saturated rings. The van der Waals surface area contributed by atoms with Gasteiger partial charge < -0.3 is 4.74 Å². The SMILES string of the molecule is COc1ccc(/C=C2\SC(=O)N(C)C2=O)c(C)c1. The van der Waals surface area contributed by atoms with Crippen molar-refractivity contribution >= 4 is 29.0 Å². The first-order valence-corrected chi connectivity index (χ1v) is 6.21. The lowest BCUT2D eigenvalue weighted by atomic mass is 10.1. The quantitative estimate of drug-likeness (QED) is 0.770. The normalized spacial score (nSPS) is 17.7. The van der Waals surface area contributed by atoms with E-state index in [2.05, 4.69) is 0 Å². The molecule has 0 bridgehead atoms. The minimum atomic E-state index is -0.250. The first-order chi connectivity index (χ1) is 8.52. The molecular formula is C13H13NO3S. The van der Waals surface area contributed by atoms with Gasteiger partial charge in [0, 0.05) is 7.05 Å². The Bertz CT molecular complexity index is 551. The van der Waals surface area contributed by atoms with Crippen LogP contribution in [0, 0.1) is 6.92 Å². The summed E-state index contributed by atoms with van der Waals surface area (Å²) in [7, 11) is 3.09. The predicted molar refractivity (Wildman–Crippen MR) is 71.5 cm³/mol. The average Bonchev–Trinajstić information content (AvgIpc) is 2.59. The Labute approximate surface area is 110 Å². The zero-order valence-corrected chi connectivity index (χ0v) is 11.2. The van der Waals surface area contributed by atoms with Crippen LogP contribution in [0.2, 0.25) is 0 Å². The van der Waals surface area contributed by atoms with Gasteiger partial charge in [-0.15, -0.1) is 0 Å². The highest BCUT2D eigenvalue weighted by Crippen LogP contribution is 2.31. The smallest absolute Gasteiger partial charge is 0.293 e. The summed E-state index contributed by atoms with van der Waals surface area (Å²) in [5, 5.41) is -0.239. The lowest BCUT2D eigenvalue weighted by molar-refractivity contribution is -0.121. The number of thioether (sulfide) groups is 1. The van der Waals surface area contributed by atoms with Gasteiger partial charge in [0.25, 0.3) is 11.1 Å². The van der Waals surface area contributed by atoms with Gasteiger partial charge in [0.05, 0.1) is 12.0 Å². The van der Waals surface area contributed by atoms with E-state index in [1.165, 1.54) is 7.05 Å². The number of nitrogens with zero attached hydrogens (tertiary/aromatic N) is 1. The van der Waals surface area contributed by atoms with Crippen molar-refractivity contribution in [1.82, 2.24) is 4.90 Å². The molecule has 1 aliphatic rings. The number of rotatable bonds is 2. The second-order valence-electron chi connectivity index (χ2n) is 3.96. The van der Waals surface area contributed by atoms with Crippen molar-refractivity contribution in [2.24, 2.45) is 0 Å². The maximum atomic E-state index is 11.7. The number of aryl methyl sites for hydroxylation is 1. The molecule has 0 atom stereocenters. The number of hydrogen-bond acceptors (Lipinski definition) is 4. The Hall–Kier alpha value is -1.75. The molecular weight excluding hydrogens is 250 g/mol. The summed E-state index contributed by atoms with van der Waals surface area (Å²) < 4.78 is 5.12. The summed E-state index contributed by atoms with van der Waals surface area (Å²) in [4.78, 5) is 24.7. The van der Waals surface area contributed by atoms with Crippen LogP contribution in [0.25, 0.3) is 6.08 Å². The fourth-order valence-corrected chi connectivity index (χ4v) is 2.44. The van der Waals surface area contributed by atoms with Crippen molar-refractivity contribution < 1.29 is 14.3 Å². The van der Waals surface area contributed by atoms with E-state index < -0.39 is 0 Å². The lowest BCUT2D eigenvalue weighted by Crippen LogP contribution is -2.22. The molecule has 0 aliphatic carbocycles. The van der Waals surface area contributed by atoms with Crippen LogP contribution in [-0.4, -0.2) is 30.2 Å². The van der Waals surface area contributed by atoms with Gasteiger partial charge >= 0.3 is 0 Å². The average molecular weight is 263 g/mol. The molecule has 0 unspecified atom stereocenters. The largest absolute Gasteiger partial charge is 0.497 e. The molecule has 0 spiro atoms. The van der Waals surface area contributed by atoms with Gasteiger partial charge in [-0.2, -0.15) is 0 Å². The number of carbonyl (C=O) groups is 2. The Morgan fingerprint density at radius 1 is 1.33 bits per heavy atom. The molecule has 1 aromatic rings. The summed E-state index contributed by atoms with van der Waals surface area (Å²) >= 11 is 0.963. The number of methoxy groups -OCH3 is 1. The number of ether oxygens (including phenoxy) is 1. The third kappa shape index (κ3) is 2.26. The Morgan fingerprint density at radius 2 is 2.06 bits per heavy atom. The van der Waals surface area contributed by atoms with E-state index in [9.17, 15) is 9.59 Å². The first-order valence-electron chi connectivity index (χ1n) is 5.39. The van der Waals surface area contributed by atoms with E-state index in [0.29, 0.717) is 4.91 Å². The van der Waals surface area contributed by atoms with Crippen molar-refractivity contribution in [3.05, 3.63) is 34.2 Å². The highest BCUT2D eigenvalue weighted by molar-refractivity contribution is 8.18. The van der Waals surface area contributed by atoms with Crippen LogP contribution < -0.4 is 4.74 Å². The van der Waals surface area contributed by atoms with Crippen molar-refractivity contribution in [2.75, 3.05) is 14.2 Å². The highest BCUT2D eigenvalue weighted by Gasteiger charge is 2.31. The molecule has 1 aliphatic heterocycles. The third-order valence-electron chi connectivity index (χ3n) is 2.75. The molecule has 0 saturated carbocycles. The van der Waals surface area contributed by atoms with E-state index >= 15 is 0 Å². The fraction of sp³-hybridized carbons (Fsp3) is 0.231. The van der Waals surface area contributed by atoms with Crippen molar-refractivity contribution in [2.45, 2.75) is 6.92 Å². The summed E-state index contributed by atoms with van der Waals surface area (Å²) in [6.07, 6.45) is 1.74. The molecule has 2 amide bonds. The predicted octanol–water partition coefficient (Wildman–Crippen LogP) is 2.67. The third-order valence-corrected chi connectivity index (χ3v) is 3.71. The van der Waals surface area contributed by atoms with Gasteiger partial charge in [0.1, 0.15) is 5.75 Å². The van der Waals surface area contributed by atoms with Gasteiger partial charge in [-0.05, 0) is 48.0 Å². The minimum absolute atomic E-state index is 0.239. The monoisotopic (exact) mass is 263 g/mol. The molecule has 94 valence electrons. The van der Waals surface area contributed by atoms with Crippen LogP contribution in [0.1, 0.15) is 11.1 Å². The molecule has 0 aromatic heterocycles. The second kappa shape index (κ2) is 4.86. The van der Waals surface area contributed by atoms with Gasteiger partial charge in [-0.25, -0.2) is 0 Å². The molecule has 1 heterocycles. The van der Waals surface area contributed by atoms with Crippen LogP contribution in [0.4, 0.5) is 4.79 Å². The Morgan fingerprint density at radius 3 is 2.56 bits per heavy atom. The van der Waals surface area contributed by atoms with Crippen molar-refractivity contribution in [1.29, 1.82) is 0 Å². The number of benzene rings is 1. The maximum absolute atomic E-state index is 11.7. The fourth-order valence-electron chi connectivity index (χ4n) is 1.62. The number of likely N-dealkylation sites (N-methyl/N-ethyl adjacent to an activating group) is 1. The van der Waals surface area contributed by atoms with Crippen molar-refractivity contribution in [3.63, 3.8) is 0 Å². The second-order valence-corrected chi connectivity index (χ2v) is 4.96.